The van der Waals surface area contributed by atoms with Gasteiger partial charge in [-0.3, -0.25) is 4.90 Å². The van der Waals surface area contributed by atoms with Crippen LogP contribution >= 0.6 is 0 Å². The lowest BCUT2D eigenvalue weighted by Gasteiger charge is -2.25. The molecule has 118 valence electrons. The van der Waals surface area contributed by atoms with Gasteiger partial charge in [0.15, 0.2) is 5.76 Å². The van der Waals surface area contributed by atoms with Gasteiger partial charge in [0.05, 0.1) is 12.7 Å². The lowest BCUT2D eigenvalue weighted by molar-refractivity contribution is 0.184. The van der Waals surface area contributed by atoms with E-state index >= 15 is 0 Å². The van der Waals surface area contributed by atoms with E-state index < -0.39 is 0 Å². The van der Waals surface area contributed by atoms with Gasteiger partial charge in [0.1, 0.15) is 0 Å². The van der Waals surface area contributed by atoms with E-state index in [9.17, 15) is 0 Å². The lowest BCUT2D eigenvalue weighted by Crippen LogP contribution is -2.29. The average Bonchev–Trinajstić information content (AvgIpc) is 3.04. The van der Waals surface area contributed by atoms with Crippen molar-refractivity contribution in [2.75, 3.05) is 0 Å². The van der Waals surface area contributed by atoms with E-state index in [0.29, 0.717) is 12.6 Å². The number of hydrogen-bond donors (Lipinski definition) is 0. The number of rotatable bonds is 6. The van der Waals surface area contributed by atoms with Crippen molar-refractivity contribution in [1.82, 2.24) is 9.88 Å². The summed E-state index contributed by atoms with van der Waals surface area (Å²) in [7, 11) is 0. The fourth-order valence-electron chi connectivity index (χ4n) is 2.53. The van der Waals surface area contributed by atoms with Gasteiger partial charge in [-0.1, -0.05) is 60.7 Å². The number of aromatic nitrogens is 1. The van der Waals surface area contributed by atoms with E-state index in [4.69, 9.17) is 4.42 Å². The highest BCUT2D eigenvalue weighted by atomic mass is 16.4. The van der Waals surface area contributed by atoms with Gasteiger partial charge >= 0.3 is 0 Å². The summed E-state index contributed by atoms with van der Waals surface area (Å²) in [5.41, 5.74) is 2.36. The van der Waals surface area contributed by atoms with Crippen LogP contribution in [0, 0.1) is 0 Å². The minimum atomic E-state index is 0.419. The smallest absolute Gasteiger partial charge is 0.209 e. The topological polar surface area (TPSA) is 29.3 Å². The maximum absolute atomic E-state index is 5.94. The Hall–Kier alpha value is -2.39. The first-order chi connectivity index (χ1) is 11.2. The molecule has 3 nitrogen and oxygen atoms in total. The molecule has 3 rings (SSSR count). The SMILES string of the molecule is CC(C)N(Cc1ccccc1)Cc1ncc(-c2ccccc2)o1. The van der Waals surface area contributed by atoms with E-state index in [1.165, 1.54) is 5.56 Å². The van der Waals surface area contributed by atoms with Gasteiger partial charge in [-0.25, -0.2) is 4.98 Å². The predicted molar refractivity (Wildman–Crippen MR) is 92.8 cm³/mol. The number of benzene rings is 2. The molecule has 0 spiro atoms. The molecule has 0 saturated carbocycles. The van der Waals surface area contributed by atoms with Crippen molar-refractivity contribution in [2.24, 2.45) is 0 Å². The Balaban J connectivity index is 1.72. The second-order valence-corrected chi connectivity index (χ2v) is 5.97. The van der Waals surface area contributed by atoms with Crippen molar-refractivity contribution < 1.29 is 4.42 Å². The molecule has 0 radical (unpaired) electrons. The largest absolute Gasteiger partial charge is 0.439 e. The summed E-state index contributed by atoms with van der Waals surface area (Å²) in [5.74, 6) is 1.58. The van der Waals surface area contributed by atoms with Gasteiger partial charge in [-0.05, 0) is 19.4 Å². The molecule has 0 atom stereocenters. The summed E-state index contributed by atoms with van der Waals surface area (Å²) < 4.78 is 5.94. The van der Waals surface area contributed by atoms with Gasteiger partial charge in [-0.2, -0.15) is 0 Å². The Labute approximate surface area is 137 Å². The van der Waals surface area contributed by atoms with E-state index in [1.807, 2.05) is 42.6 Å². The molecule has 3 heteroatoms. The summed E-state index contributed by atoms with van der Waals surface area (Å²) in [6, 6.07) is 21.0. The van der Waals surface area contributed by atoms with Gasteiger partial charge in [0.2, 0.25) is 5.89 Å². The molecule has 0 amide bonds. The van der Waals surface area contributed by atoms with Crippen LogP contribution in [0.5, 0.6) is 0 Å². The summed E-state index contributed by atoms with van der Waals surface area (Å²) in [4.78, 5) is 6.81. The quantitative estimate of drug-likeness (QED) is 0.658. The fraction of sp³-hybridized carbons (Fsp3) is 0.250. The first kappa shape index (κ1) is 15.5. The summed E-state index contributed by atoms with van der Waals surface area (Å²) in [5, 5.41) is 0. The Morgan fingerprint density at radius 2 is 1.57 bits per heavy atom. The van der Waals surface area contributed by atoms with Crippen LogP contribution < -0.4 is 0 Å². The van der Waals surface area contributed by atoms with Gasteiger partial charge in [0.25, 0.3) is 0 Å². The van der Waals surface area contributed by atoms with Crippen LogP contribution in [0.15, 0.2) is 71.3 Å². The third-order valence-electron chi connectivity index (χ3n) is 3.91. The highest BCUT2D eigenvalue weighted by molar-refractivity contribution is 5.55. The zero-order valence-corrected chi connectivity index (χ0v) is 13.6. The second kappa shape index (κ2) is 7.25. The van der Waals surface area contributed by atoms with Crippen molar-refractivity contribution >= 4 is 0 Å². The maximum Gasteiger partial charge on any atom is 0.209 e. The van der Waals surface area contributed by atoms with E-state index in [2.05, 4.69) is 48.0 Å². The maximum atomic E-state index is 5.94. The Bertz CT molecular complexity index is 720. The second-order valence-electron chi connectivity index (χ2n) is 5.97. The first-order valence-electron chi connectivity index (χ1n) is 8.00. The Kier molecular flexibility index (Phi) is 4.89. The highest BCUT2D eigenvalue weighted by Crippen LogP contribution is 2.21. The third kappa shape index (κ3) is 4.08. The molecule has 0 N–H and O–H groups in total. The third-order valence-corrected chi connectivity index (χ3v) is 3.91. The molecule has 0 unspecified atom stereocenters. The zero-order chi connectivity index (χ0) is 16.1. The van der Waals surface area contributed by atoms with Crippen molar-refractivity contribution in [2.45, 2.75) is 33.0 Å². The summed E-state index contributed by atoms with van der Waals surface area (Å²) in [6.07, 6.45) is 1.81. The van der Waals surface area contributed by atoms with Crippen LogP contribution in [0.4, 0.5) is 0 Å². The molecule has 1 aromatic heterocycles. The monoisotopic (exact) mass is 306 g/mol. The van der Waals surface area contributed by atoms with E-state index in [-0.39, 0.29) is 0 Å². The number of oxazole rings is 1. The van der Waals surface area contributed by atoms with Gasteiger partial charge < -0.3 is 4.42 Å². The Morgan fingerprint density at radius 1 is 0.913 bits per heavy atom. The minimum Gasteiger partial charge on any atom is -0.439 e. The van der Waals surface area contributed by atoms with Gasteiger partial charge in [0, 0.05) is 18.2 Å². The average molecular weight is 306 g/mol. The lowest BCUT2D eigenvalue weighted by atomic mass is 10.2. The van der Waals surface area contributed by atoms with Crippen LogP contribution in [0.25, 0.3) is 11.3 Å². The normalized spacial score (nSPS) is 11.3. The molecule has 0 fully saturated rings. The van der Waals surface area contributed by atoms with Crippen molar-refractivity contribution in [3.05, 3.63) is 78.3 Å². The molecule has 0 saturated heterocycles. The minimum absolute atomic E-state index is 0.419. The molecule has 23 heavy (non-hydrogen) atoms. The fourth-order valence-corrected chi connectivity index (χ4v) is 2.53. The predicted octanol–water partition coefficient (Wildman–Crippen LogP) is 4.75. The molecule has 0 aliphatic rings. The standard InChI is InChI=1S/C20H22N2O/c1-16(2)22(14-17-9-5-3-6-10-17)15-20-21-13-19(23-20)18-11-7-4-8-12-18/h3-13,16H,14-15H2,1-2H3. The number of nitrogens with zero attached hydrogens (tertiary/aromatic N) is 2. The summed E-state index contributed by atoms with van der Waals surface area (Å²) in [6.45, 7) is 5.99. The van der Waals surface area contributed by atoms with Crippen LogP contribution in [0.2, 0.25) is 0 Å². The summed E-state index contributed by atoms with van der Waals surface area (Å²) >= 11 is 0. The van der Waals surface area contributed by atoms with E-state index in [0.717, 1.165) is 23.8 Å². The van der Waals surface area contributed by atoms with Crippen LogP contribution in [0.3, 0.4) is 0 Å². The first-order valence-corrected chi connectivity index (χ1v) is 8.00. The highest BCUT2D eigenvalue weighted by Gasteiger charge is 2.14. The van der Waals surface area contributed by atoms with Crippen molar-refractivity contribution in [3.8, 4) is 11.3 Å². The van der Waals surface area contributed by atoms with Crippen molar-refractivity contribution in [3.63, 3.8) is 0 Å². The molecule has 3 aromatic rings. The molecule has 0 bridgehead atoms. The van der Waals surface area contributed by atoms with Crippen LogP contribution in [-0.4, -0.2) is 15.9 Å². The Morgan fingerprint density at radius 3 is 2.22 bits per heavy atom. The number of hydrogen-bond acceptors (Lipinski definition) is 3. The molecule has 0 aliphatic heterocycles. The van der Waals surface area contributed by atoms with Crippen LogP contribution in [0.1, 0.15) is 25.3 Å². The molecular weight excluding hydrogens is 284 g/mol. The van der Waals surface area contributed by atoms with Crippen molar-refractivity contribution in [1.29, 1.82) is 0 Å². The van der Waals surface area contributed by atoms with Gasteiger partial charge in [-0.15, -0.1) is 0 Å². The molecule has 1 heterocycles. The molecule has 2 aromatic carbocycles. The van der Waals surface area contributed by atoms with Crippen LogP contribution in [-0.2, 0) is 13.1 Å². The van der Waals surface area contributed by atoms with E-state index in [1.54, 1.807) is 0 Å². The molecule has 0 aliphatic carbocycles. The zero-order valence-electron chi connectivity index (χ0n) is 13.6. The molecular formula is C20H22N2O.